The number of benzene rings is 1. The van der Waals surface area contributed by atoms with E-state index in [-0.39, 0.29) is 5.41 Å². The average Bonchev–Trinajstić information content (AvgIpc) is 2.16. The molecule has 3 aliphatic carbocycles. The van der Waals surface area contributed by atoms with Crippen molar-refractivity contribution >= 4 is 5.97 Å². The molecule has 3 fully saturated rings. The van der Waals surface area contributed by atoms with Gasteiger partial charge in [-0.05, 0) is 37.8 Å². The number of aryl methyl sites for hydroxylation is 1. The van der Waals surface area contributed by atoms with Gasteiger partial charge in [-0.25, -0.2) is 0 Å². The SMILES string of the molecule is Cc1ccccc1OCC12CC(C(=O)O)(C1)C2. The second-order valence-corrected chi connectivity index (χ2v) is 5.67. The van der Waals surface area contributed by atoms with Gasteiger partial charge >= 0.3 is 5.97 Å². The molecule has 3 heteroatoms. The molecule has 0 aromatic heterocycles. The predicted molar refractivity (Wildman–Crippen MR) is 63.0 cm³/mol. The first-order valence-electron chi connectivity index (χ1n) is 5.97. The lowest BCUT2D eigenvalue weighted by Crippen LogP contribution is -2.67. The highest BCUT2D eigenvalue weighted by Gasteiger charge is 2.72. The van der Waals surface area contributed by atoms with Gasteiger partial charge in [0, 0.05) is 5.41 Å². The molecule has 0 aliphatic heterocycles. The molecule has 2 bridgehead atoms. The Labute approximate surface area is 100 Å². The van der Waals surface area contributed by atoms with Crippen LogP contribution < -0.4 is 4.74 Å². The number of hydrogen-bond donors (Lipinski definition) is 1. The van der Waals surface area contributed by atoms with E-state index in [1.54, 1.807) is 0 Å². The Morgan fingerprint density at radius 2 is 2.00 bits per heavy atom. The van der Waals surface area contributed by atoms with E-state index < -0.39 is 11.4 Å². The Hall–Kier alpha value is -1.51. The fourth-order valence-corrected chi connectivity index (χ4v) is 3.33. The van der Waals surface area contributed by atoms with Gasteiger partial charge in [0.15, 0.2) is 0 Å². The van der Waals surface area contributed by atoms with Crippen LogP contribution in [0, 0.1) is 17.8 Å². The lowest BCUT2D eigenvalue weighted by molar-refractivity contribution is -0.231. The zero-order valence-corrected chi connectivity index (χ0v) is 9.90. The van der Waals surface area contributed by atoms with Crippen LogP contribution in [0.4, 0.5) is 0 Å². The Bertz CT molecular complexity index is 458. The van der Waals surface area contributed by atoms with Crippen LogP contribution in [0.1, 0.15) is 24.8 Å². The first kappa shape index (κ1) is 10.6. The summed E-state index contributed by atoms with van der Waals surface area (Å²) in [6.07, 6.45) is 2.38. The van der Waals surface area contributed by atoms with Crippen LogP contribution in [0.25, 0.3) is 0 Å². The number of para-hydroxylation sites is 1. The predicted octanol–water partition coefficient (Wildman–Crippen LogP) is 2.63. The summed E-state index contributed by atoms with van der Waals surface area (Å²) in [7, 11) is 0. The van der Waals surface area contributed by atoms with Crippen LogP contribution in [-0.2, 0) is 4.79 Å². The van der Waals surface area contributed by atoms with Crippen molar-refractivity contribution in [3.05, 3.63) is 29.8 Å². The maximum atomic E-state index is 11.0. The van der Waals surface area contributed by atoms with Gasteiger partial charge in [0.1, 0.15) is 5.75 Å². The van der Waals surface area contributed by atoms with Crippen molar-refractivity contribution in [2.45, 2.75) is 26.2 Å². The van der Waals surface area contributed by atoms with Crippen LogP contribution in [0.3, 0.4) is 0 Å². The maximum Gasteiger partial charge on any atom is 0.309 e. The third kappa shape index (κ3) is 1.45. The Kier molecular flexibility index (Phi) is 2.03. The first-order valence-corrected chi connectivity index (χ1v) is 5.97. The summed E-state index contributed by atoms with van der Waals surface area (Å²) in [5.74, 6) is 0.289. The van der Waals surface area contributed by atoms with E-state index in [1.165, 1.54) is 0 Å². The summed E-state index contributed by atoms with van der Waals surface area (Å²) in [5, 5.41) is 9.03. The van der Waals surface area contributed by atoms with Gasteiger partial charge in [-0.3, -0.25) is 4.79 Å². The summed E-state index contributed by atoms with van der Waals surface area (Å²) in [6, 6.07) is 7.94. The van der Waals surface area contributed by atoms with Gasteiger partial charge in [0.05, 0.1) is 12.0 Å². The van der Waals surface area contributed by atoms with Crippen molar-refractivity contribution in [1.82, 2.24) is 0 Å². The molecule has 3 nitrogen and oxygen atoms in total. The molecule has 1 N–H and O–H groups in total. The molecule has 3 aliphatic rings. The molecule has 0 unspecified atom stereocenters. The number of aliphatic carboxylic acids is 1. The minimum absolute atomic E-state index is 0.153. The molecule has 4 rings (SSSR count). The fourth-order valence-electron chi connectivity index (χ4n) is 3.33. The van der Waals surface area contributed by atoms with Crippen LogP contribution in [0.2, 0.25) is 0 Å². The number of ether oxygens (including phenoxy) is 1. The molecule has 0 saturated heterocycles. The summed E-state index contributed by atoms with van der Waals surface area (Å²) in [6.45, 7) is 2.68. The van der Waals surface area contributed by atoms with Gasteiger partial charge in [-0.1, -0.05) is 18.2 Å². The second kappa shape index (κ2) is 3.25. The molecule has 1 aromatic carbocycles. The molecule has 0 amide bonds. The molecule has 3 saturated carbocycles. The average molecular weight is 232 g/mol. The number of carboxylic acids is 1. The highest BCUT2D eigenvalue weighted by atomic mass is 16.5. The summed E-state index contributed by atoms with van der Waals surface area (Å²) >= 11 is 0. The highest BCUT2D eigenvalue weighted by molar-refractivity contribution is 5.79. The quantitative estimate of drug-likeness (QED) is 0.868. The van der Waals surface area contributed by atoms with E-state index in [2.05, 4.69) is 0 Å². The van der Waals surface area contributed by atoms with Crippen molar-refractivity contribution < 1.29 is 14.6 Å². The zero-order chi connectivity index (χ0) is 12.1. The number of rotatable bonds is 4. The summed E-state index contributed by atoms with van der Waals surface area (Å²) in [5.41, 5.74) is 0.891. The topological polar surface area (TPSA) is 46.5 Å². The molecule has 17 heavy (non-hydrogen) atoms. The van der Waals surface area contributed by atoms with Crippen molar-refractivity contribution in [2.24, 2.45) is 10.8 Å². The lowest BCUT2D eigenvalue weighted by atomic mass is 9.35. The smallest absolute Gasteiger partial charge is 0.309 e. The van der Waals surface area contributed by atoms with Crippen molar-refractivity contribution in [2.75, 3.05) is 6.61 Å². The molecule has 0 atom stereocenters. The Morgan fingerprint density at radius 3 is 2.59 bits per heavy atom. The third-order valence-corrected chi connectivity index (χ3v) is 4.22. The van der Waals surface area contributed by atoms with Crippen LogP contribution in [0.15, 0.2) is 24.3 Å². The van der Waals surface area contributed by atoms with Gasteiger partial charge in [-0.15, -0.1) is 0 Å². The minimum Gasteiger partial charge on any atom is -0.493 e. The van der Waals surface area contributed by atoms with Gasteiger partial charge in [0.25, 0.3) is 0 Å². The largest absolute Gasteiger partial charge is 0.493 e. The molecular formula is C14H16O3. The zero-order valence-electron chi connectivity index (χ0n) is 9.90. The van der Waals surface area contributed by atoms with E-state index in [9.17, 15) is 4.79 Å². The minimum atomic E-state index is -0.629. The Morgan fingerprint density at radius 1 is 1.35 bits per heavy atom. The van der Waals surface area contributed by atoms with Crippen LogP contribution in [-0.4, -0.2) is 17.7 Å². The molecule has 1 aromatic rings. The summed E-state index contributed by atoms with van der Waals surface area (Å²) < 4.78 is 5.81. The first-order chi connectivity index (χ1) is 8.05. The van der Waals surface area contributed by atoms with Crippen molar-refractivity contribution in [1.29, 1.82) is 0 Å². The normalized spacial score (nSPS) is 33.5. The van der Waals surface area contributed by atoms with Gasteiger partial charge in [-0.2, -0.15) is 0 Å². The molecular weight excluding hydrogens is 216 g/mol. The molecule has 0 spiro atoms. The maximum absolute atomic E-state index is 11.0. The van der Waals surface area contributed by atoms with E-state index in [0.29, 0.717) is 6.61 Å². The molecule has 90 valence electrons. The van der Waals surface area contributed by atoms with Crippen molar-refractivity contribution in [3.63, 3.8) is 0 Å². The van der Waals surface area contributed by atoms with E-state index in [0.717, 1.165) is 30.6 Å². The monoisotopic (exact) mass is 232 g/mol. The third-order valence-electron chi connectivity index (χ3n) is 4.22. The number of hydrogen-bond acceptors (Lipinski definition) is 2. The van der Waals surface area contributed by atoms with Crippen LogP contribution >= 0.6 is 0 Å². The Balaban J connectivity index is 1.59. The number of carbonyl (C=O) groups is 1. The number of carboxylic acid groups (broad SMARTS) is 1. The van der Waals surface area contributed by atoms with Crippen LogP contribution in [0.5, 0.6) is 5.75 Å². The van der Waals surface area contributed by atoms with E-state index in [1.807, 2.05) is 31.2 Å². The van der Waals surface area contributed by atoms with Gasteiger partial charge < -0.3 is 9.84 Å². The van der Waals surface area contributed by atoms with E-state index in [4.69, 9.17) is 9.84 Å². The van der Waals surface area contributed by atoms with Gasteiger partial charge in [0.2, 0.25) is 0 Å². The standard InChI is InChI=1S/C14H16O3/c1-10-4-2-3-5-11(10)17-9-13-6-14(7-13,8-13)12(15)16/h2-5H,6-9H2,1H3,(H,15,16). The lowest BCUT2D eigenvalue weighted by Gasteiger charge is -2.67. The second-order valence-electron chi connectivity index (χ2n) is 5.67. The molecule has 0 heterocycles. The fraction of sp³-hybridized carbons (Fsp3) is 0.500. The highest BCUT2D eigenvalue weighted by Crippen LogP contribution is 2.73. The van der Waals surface area contributed by atoms with Crippen molar-refractivity contribution in [3.8, 4) is 5.75 Å². The summed E-state index contributed by atoms with van der Waals surface area (Å²) in [4.78, 5) is 11.0. The molecule has 0 radical (unpaired) electrons. The van der Waals surface area contributed by atoms with E-state index >= 15 is 0 Å².